The lowest BCUT2D eigenvalue weighted by Gasteiger charge is -2.25. The van der Waals surface area contributed by atoms with Crippen molar-refractivity contribution in [3.63, 3.8) is 0 Å². The zero-order chi connectivity index (χ0) is 18.9. The van der Waals surface area contributed by atoms with E-state index in [2.05, 4.69) is 17.6 Å². The van der Waals surface area contributed by atoms with Gasteiger partial charge in [0.1, 0.15) is 11.9 Å². The minimum absolute atomic E-state index is 0.00242. The lowest BCUT2D eigenvalue weighted by molar-refractivity contribution is 0.0921. The molecule has 3 rings (SSSR count). The number of amides is 1. The highest BCUT2D eigenvalue weighted by molar-refractivity contribution is 7.89. The van der Waals surface area contributed by atoms with Gasteiger partial charge in [0.15, 0.2) is 0 Å². The van der Waals surface area contributed by atoms with Crippen LogP contribution in [0.1, 0.15) is 55.5 Å². The molecule has 0 bridgehead atoms. The molecule has 1 amide bonds. The van der Waals surface area contributed by atoms with E-state index in [1.807, 2.05) is 6.92 Å². The molecule has 3 atom stereocenters. The number of primary sulfonamides is 1. The second kappa shape index (κ2) is 7.54. The van der Waals surface area contributed by atoms with Gasteiger partial charge in [-0.1, -0.05) is 13.3 Å². The molecule has 0 saturated carbocycles. The molecule has 2 heterocycles. The topological polar surface area (TPSA) is 111 Å². The number of ether oxygens (including phenoxy) is 1. The molecular formula is C18H27N3O4S. The van der Waals surface area contributed by atoms with Crippen molar-refractivity contribution >= 4 is 15.9 Å². The van der Waals surface area contributed by atoms with E-state index in [1.54, 1.807) is 0 Å². The molecule has 1 aromatic carbocycles. The first-order chi connectivity index (χ1) is 12.3. The Kier molecular flexibility index (Phi) is 5.55. The number of hydrogen-bond donors (Lipinski definition) is 3. The van der Waals surface area contributed by atoms with Crippen LogP contribution in [-0.2, 0) is 16.4 Å². The Hall–Kier alpha value is -1.64. The number of fused-ring (bicyclic) bond motifs is 1. The van der Waals surface area contributed by atoms with Crippen LogP contribution >= 0.6 is 0 Å². The molecule has 2 aliphatic heterocycles. The molecule has 2 aliphatic rings. The number of rotatable bonds is 6. The van der Waals surface area contributed by atoms with Crippen LogP contribution in [-0.4, -0.2) is 39.1 Å². The summed E-state index contributed by atoms with van der Waals surface area (Å²) in [6.07, 6.45) is 4.38. The van der Waals surface area contributed by atoms with Gasteiger partial charge in [0.05, 0.1) is 10.5 Å². The predicted octanol–water partition coefficient (Wildman–Crippen LogP) is 1.31. The van der Waals surface area contributed by atoms with Crippen LogP contribution in [0.5, 0.6) is 5.75 Å². The van der Waals surface area contributed by atoms with E-state index < -0.39 is 10.0 Å². The van der Waals surface area contributed by atoms with Crippen LogP contribution in [0.4, 0.5) is 0 Å². The van der Waals surface area contributed by atoms with Crippen molar-refractivity contribution in [3.05, 3.63) is 23.3 Å². The number of nitrogens with two attached hydrogens (primary N) is 1. The SMILES string of the molecule is CCCC(NC(=O)c1cc(S(N)(=O)=O)cc2c1OC(C)C2)C1CCCN1. The van der Waals surface area contributed by atoms with Gasteiger partial charge in [-0.2, -0.15) is 0 Å². The van der Waals surface area contributed by atoms with E-state index >= 15 is 0 Å². The minimum Gasteiger partial charge on any atom is -0.489 e. The van der Waals surface area contributed by atoms with Crippen LogP contribution in [0.15, 0.2) is 17.0 Å². The molecule has 144 valence electrons. The van der Waals surface area contributed by atoms with Gasteiger partial charge >= 0.3 is 0 Å². The fourth-order valence-corrected chi connectivity index (χ4v) is 4.41. The molecule has 4 N–H and O–H groups in total. The van der Waals surface area contributed by atoms with Crippen molar-refractivity contribution in [3.8, 4) is 5.75 Å². The Morgan fingerprint density at radius 2 is 2.23 bits per heavy atom. The van der Waals surface area contributed by atoms with Gasteiger partial charge in [-0.25, -0.2) is 13.6 Å². The monoisotopic (exact) mass is 381 g/mol. The summed E-state index contributed by atoms with van der Waals surface area (Å²) in [7, 11) is -3.90. The van der Waals surface area contributed by atoms with Gasteiger partial charge < -0.3 is 15.4 Å². The number of benzene rings is 1. The first kappa shape index (κ1) is 19.1. The lowest BCUT2D eigenvalue weighted by Crippen LogP contribution is -2.47. The van der Waals surface area contributed by atoms with E-state index in [-0.39, 0.29) is 34.6 Å². The van der Waals surface area contributed by atoms with Crippen molar-refractivity contribution in [2.24, 2.45) is 5.14 Å². The minimum atomic E-state index is -3.90. The van der Waals surface area contributed by atoms with Gasteiger partial charge in [0.2, 0.25) is 10.0 Å². The molecule has 8 heteroatoms. The lowest BCUT2D eigenvalue weighted by atomic mass is 10.0. The van der Waals surface area contributed by atoms with Crippen LogP contribution in [0.25, 0.3) is 0 Å². The maximum absolute atomic E-state index is 13.0. The number of carbonyl (C=O) groups is 1. The number of sulfonamides is 1. The second-order valence-electron chi connectivity index (χ2n) is 7.21. The summed E-state index contributed by atoms with van der Waals surface area (Å²) >= 11 is 0. The van der Waals surface area contributed by atoms with Gasteiger partial charge in [-0.05, 0) is 50.4 Å². The highest BCUT2D eigenvalue weighted by Gasteiger charge is 2.31. The van der Waals surface area contributed by atoms with Gasteiger partial charge in [-0.15, -0.1) is 0 Å². The van der Waals surface area contributed by atoms with E-state index in [4.69, 9.17) is 9.88 Å². The van der Waals surface area contributed by atoms with Crippen molar-refractivity contribution in [1.29, 1.82) is 0 Å². The fourth-order valence-electron chi connectivity index (χ4n) is 3.82. The third-order valence-electron chi connectivity index (χ3n) is 5.04. The van der Waals surface area contributed by atoms with Crippen LogP contribution in [0.3, 0.4) is 0 Å². The Bertz CT molecular complexity index is 788. The van der Waals surface area contributed by atoms with E-state index in [1.165, 1.54) is 12.1 Å². The summed E-state index contributed by atoms with van der Waals surface area (Å²) in [5.41, 5.74) is 0.954. The summed E-state index contributed by atoms with van der Waals surface area (Å²) in [4.78, 5) is 12.9. The highest BCUT2D eigenvalue weighted by atomic mass is 32.2. The third-order valence-corrected chi connectivity index (χ3v) is 5.93. The molecule has 0 aliphatic carbocycles. The Morgan fingerprint density at radius 1 is 1.46 bits per heavy atom. The van der Waals surface area contributed by atoms with Crippen molar-refractivity contribution in [1.82, 2.24) is 10.6 Å². The van der Waals surface area contributed by atoms with Crippen molar-refractivity contribution < 1.29 is 17.9 Å². The quantitative estimate of drug-likeness (QED) is 0.688. The summed E-state index contributed by atoms with van der Waals surface area (Å²) in [6.45, 7) is 4.93. The largest absolute Gasteiger partial charge is 0.489 e. The third kappa shape index (κ3) is 4.02. The first-order valence-electron chi connectivity index (χ1n) is 9.20. The summed E-state index contributed by atoms with van der Waals surface area (Å²) in [6, 6.07) is 3.08. The van der Waals surface area contributed by atoms with Crippen LogP contribution < -0.4 is 20.5 Å². The van der Waals surface area contributed by atoms with Crippen molar-refractivity contribution in [2.75, 3.05) is 6.54 Å². The summed E-state index contributed by atoms with van der Waals surface area (Å²) < 4.78 is 29.4. The van der Waals surface area contributed by atoms with Crippen LogP contribution in [0.2, 0.25) is 0 Å². The van der Waals surface area contributed by atoms with Crippen molar-refractivity contribution in [2.45, 2.75) is 69.0 Å². The molecule has 0 aromatic heterocycles. The van der Waals surface area contributed by atoms with Gasteiger partial charge in [0.25, 0.3) is 5.91 Å². The first-order valence-corrected chi connectivity index (χ1v) is 10.7. The van der Waals surface area contributed by atoms with E-state index in [0.29, 0.717) is 17.7 Å². The molecule has 1 fully saturated rings. The number of carbonyl (C=O) groups excluding carboxylic acids is 1. The summed E-state index contributed by atoms with van der Waals surface area (Å²) in [5.74, 6) is 0.157. The number of hydrogen-bond acceptors (Lipinski definition) is 5. The Morgan fingerprint density at radius 3 is 2.85 bits per heavy atom. The van der Waals surface area contributed by atoms with Gasteiger partial charge in [-0.3, -0.25) is 4.79 Å². The maximum Gasteiger partial charge on any atom is 0.255 e. The zero-order valence-corrected chi connectivity index (χ0v) is 16.1. The van der Waals surface area contributed by atoms with Crippen LogP contribution in [0, 0.1) is 0 Å². The predicted molar refractivity (Wildman–Crippen MR) is 98.8 cm³/mol. The van der Waals surface area contributed by atoms with E-state index in [0.717, 1.165) is 32.2 Å². The molecular weight excluding hydrogens is 354 g/mol. The normalized spacial score (nSPS) is 23.3. The average Bonchev–Trinajstić information content (AvgIpc) is 3.20. The molecule has 0 radical (unpaired) electrons. The standard InChI is InChI=1S/C18H27N3O4S/c1-3-5-16(15-6-4-7-20-15)21-18(22)14-10-13(26(19,23)24)9-12-8-11(2)25-17(12)14/h9-11,15-16,20H,3-8H2,1-2H3,(H,21,22)(H2,19,23,24). The average molecular weight is 381 g/mol. The molecule has 3 unspecified atom stereocenters. The van der Waals surface area contributed by atoms with Gasteiger partial charge in [0, 0.05) is 18.5 Å². The Balaban J connectivity index is 1.91. The molecule has 1 aromatic rings. The summed E-state index contributed by atoms with van der Waals surface area (Å²) in [5, 5.41) is 11.8. The Labute approximate surface area is 154 Å². The van der Waals surface area contributed by atoms with E-state index in [9.17, 15) is 13.2 Å². The zero-order valence-electron chi connectivity index (χ0n) is 15.2. The highest BCUT2D eigenvalue weighted by Crippen LogP contribution is 2.35. The smallest absolute Gasteiger partial charge is 0.255 e. The maximum atomic E-state index is 13.0. The fraction of sp³-hybridized carbons (Fsp3) is 0.611. The number of nitrogens with one attached hydrogen (secondary N) is 2. The molecule has 0 spiro atoms. The second-order valence-corrected chi connectivity index (χ2v) is 8.77. The molecule has 7 nitrogen and oxygen atoms in total. The molecule has 1 saturated heterocycles. The molecule has 26 heavy (non-hydrogen) atoms.